The molecule has 0 spiro atoms. The molecular formula is C19H20N4O2. The minimum atomic E-state index is -0.188. The van der Waals surface area contributed by atoms with E-state index in [-0.39, 0.29) is 5.91 Å². The standard InChI is InChI=1S/C19H20N4O2/c1-12-6-7-17-21-14(11-23(17)10-12)9-20-18(24)15-8-13-4-3-5-16(13)22-19(15)25-2/h6-8,10-11H,3-5,9H2,1-2H3,(H,20,24). The summed E-state index contributed by atoms with van der Waals surface area (Å²) < 4.78 is 7.28. The molecule has 1 aliphatic rings. The van der Waals surface area contributed by atoms with Gasteiger partial charge in [0.05, 0.1) is 19.3 Å². The van der Waals surface area contributed by atoms with E-state index < -0.39 is 0 Å². The van der Waals surface area contributed by atoms with E-state index in [4.69, 9.17) is 4.74 Å². The van der Waals surface area contributed by atoms with Crippen LogP contribution in [0.3, 0.4) is 0 Å². The summed E-state index contributed by atoms with van der Waals surface area (Å²) in [7, 11) is 1.55. The molecule has 0 aliphatic heterocycles. The number of carbonyl (C=O) groups excluding carboxylic acids is 1. The molecule has 4 rings (SSSR count). The molecule has 0 atom stereocenters. The SMILES string of the molecule is COc1nc2c(cc1C(=O)NCc1cn3cc(C)ccc3n1)CCC2. The topological polar surface area (TPSA) is 68.5 Å². The normalized spacial score (nSPS) is 13.0. The number of hydrogen-bond donors (Lipinski definition) is 1. The first-order valence-electron chi connectivity index (χ1n) is 8.43. The number of aromatic nitrogens is 3. The Kier molecular flexibility index (Phi) is 3.87. The summed E-state index contributed by atoms with van der Waals surface area (Å²) in [5.41, 5.74) is 5.52. The van der Waals surface area contributed by atoms with Gasteiger partial charge >= 0.3 is 0 Å². The van der Waals surface area contributed by atoms with Crippen LogP contribution >= 0.6 is 0 Å². The highest BCUT2D eigenvalue weighted by atomic mass is 16.5. The van der Waals surface area contributed by atoms with E-state index in [1.165, 1.54) is 0 Å². The van der Waals surface area contributed by atoms with Gasteiger partial charge in [-0.15, -0.1) is 0 Å². The average molecular weight is 336 g/mol. The van der Waals surface area contributed by atoms with Gasteiger partial charge in [0.1, 0.15) is 11.2 Å². The third kappa shape index (κ3) is 2.95. The van der Waals surface area contributed by atoms with Gasteiger partial charge in [0.15, 0.2) is 0 Å². The van der Waals surface area contributed by atoms with E-state index >= 15 is 0 Å². The molecule has 0 saturated carbocycles. The zero-order chi connectivity index (χ0) is 17.4. The first kappa shape index (κ1) is 15.6. The second-order valence-electron chi connectivity index (χ2n) is 6.39. The van der Waals surface area contributed by atoms with E-state index in [2.05, 4.69) is 15.3 Å². The van der Waals surface area contributed by atoms with Crippen molar-refractivity contribution in [2.45, 2.75) is 32.7 Å². The minimum Gasteiger partial charge on any atom is -0.480 e. The summed E-state index contributed by atoms with van der Waals surface area (Å²) in [6.45, 7) is 2.40. The molecule has 3 heterocycles. The third-order valence-corrected chi connectivity index (χ3v) is 4.53. The van der Waals surface area contributed by atoms with Crippen molar-refractivity contribution in [2.24, 2.45) is 0 Å². The van der Waals surface area contributed by atoms with Crippen LogP contribution in [0.2, 0.25) is 0 Å². The van der Waals surface area contributed by atoms with Crippen molar-refractivity contribution in [3.05, 3.63) is 58.7 Å². The summed E-state index contributed by atoms with van der Waals surface area (Å²) in [5.74, 6) is 0.205. The number of fused-ring (bicyclic) bond motifs is 2. The number of ether oxygens (including phenoxy) is 1. The van der Waals surface area contributed by atoms with E-state index in [1.807, 2.05) is 41.9 Å². The van der Waals surface area contributed by atoms with E-state index in [9.17, 15) is 4.79 Å². The van der Waals surface area contributed by atoms with Crippen LogP contribution in [0.1, 0.15) is 39.3 Å². The maximum Gasteiger partial charge on any atom is 0.257 e. The van der Waals surface area contributed by atoms with Crippen LogP contribution in [-0.2, 0) is 19.4 Å². The number of hydrogen-bond acceptors (Lipinski definition) is 4. The predicted octanol–water partition coefficient (Wildman–Crippen LogP) is 2.47. The second-order valence-corrected chi connectivity index (χ2v) is 6.39. The number of pyridine rings is 2. The maximum atomic E-state index is 12.6. The molecule has 1 N–H and O–H groups in total. The van der Waals surface area contributed by atoms with Gasteiger partial charge in [-0.25, -0.2) is 9.97 Å². The lowest BCUT2D eigenvalue weighted by molar-refractivity contribution is 0.0946. The van der Waals surface area contributed by atoms with Crippen LogP contribution in [0.25, 0.3) is 5.65 Å². The number of rotatable bonds is 4. The van der Waals surface area contributed by atoms with Gasteiger partial charge in [-0.1, -0.05) is 6.07 Å². The number of amides is 1. The van der Waals surface area contributed by atoms with Crippen molar-refractivity contribution in [3.63, 3.8) is 0 Å². The molecule has 6 heteroatoms. The highest BCUT2D eigenvalue weighted by Crippen LogP contribution is 2.26. The fraction of sp³-hybridized carbons (Fsp3) is 0.316. The summed E-state index contributed by atoms with van der Waals surface area (Å²) in [6, 6.07) is 5.90. The molecule has 0 aromatic carbocycles. The zero-order valence-electron chi connectivity index (χ0n) is 14.4. The number of aryl methyl sites for hydroxylation is 3. The summed E-state index contributed by atoms with van der Waals surface area (Å²) in [5, 5.41) is 2.92. The Bertz CT molecular complexity index is 961. The molecule has 3 aromatic heterocycles. The summed E-state index contributed by atoms with van der Waals surface area (Å²) in [4.78, 5) is 21.6. The van der Waals surface area contributed by atoms with Gasteiger partial charge in [-0.3, -0.25) is 4.79 Å². The first-order valence-corrected chi connectivity index (χ1v) is 8.43. The van der Waals surface area contributed by atoms with Crippen LogP contribution in [0.4, 0.5) is 0 Å². The lowest BCUT2D eigenvalue weighted by atomic mass is 10.1. The van der Waals surface area contributed by atoms with Crippen LogP contribution in [0, 0.1) is 6.92 Å². The molecule has 0 unspecified atom stereocenters. The van der Waals surface area contributed by atoms with Crippen LogP contribution in [-0.4, -0.2) is 27.4 Å². The summed E-state index contributed by atoms with van der Waals surface area (Å²) in [6.07, 6.45) is 6.95. The molecule has 1 amide bonds. The first-order chi connectivity index (χ1) is 12.1. The van der Waals surface area contributed by atoms with Crippen molar-refractivity contribution in [1.29, 1.82) is 0 Å². The van der Waals surface area contributed by atoms with Crippen molar-refractivity contribution in [1.82, 2.24) is 19.7 Å². The number of carbonyl (C=O) groups is 1. The minimum absolute atomic E-state index is 0.188. The Hall–Kier alpha value is -2.89. The largest absolute Gasteiger partial charge is 0.480 e. The van der Waals surface area contributed by atoms with Gasteiger partial charge in [-0.05, 0) is 49.4 Å². The number of nitrogens with zero attached hydrogens (tertiary/aromatic N) is 3. The predicted molar refractivity (Wildman–Crippen MR) is 93.9 cm³/mol. The Balaban J connectivity index is 1.53. The number of imidazole rings is 1. The van der Waals surface area contributed by atoms with E-state index in [1.54, 1.807) is 7.11 Å². The van der Waals surface area contributed by atoms with Gasteiger partial charge in [-0.2, -0.15) is 0 Å². The maximum absolute atomic E-state index is 12.6. The van der Waals surface area contributed by atoms with Crippen LogP contribution in [0.5, 0.6) is 5.88 Å². The third-order valence-electron chi connectivity index (χ3n) is 4.53. The Morgan fingerprint density at radius 3 is 3.00 bits per heavy atom. The van der Waals surface area contributed by atoms with Crippen molar-refractivity contribution < 1.29 is 9.53 Å². The van der Waals surface area contributed by atoms with Crippen LogP contribution in [0.15, 0.2) is 30.6 Å². The lowest BCUT2D eigenvalue weighted by Crippen LogP contribution is -2.24. The summed E-state index contributed by atoms with van der Waals surface area (Å²) >= 11 is 0. The van der Waals surface area contributed by atoms with Crippen molar-refractivity contribution >= 4 is 11.6 Å². The number of nitrogens with one attached hydrogen (secondary N) is 1. The molecule has 1 aliphatic carbocycles. The molecule has 0 bridgehead atoms. The van der Waals surface area contributed by atoms with Gasteiger partial charge in [0.25, 0.3) is 5.91 Å². The monoisotopic (exact) mass is 336 g/mol. The molecular weight excluding hydrogens is 316 g/mol. The quantitative estimate of drug-likeness (QED) is 0.795. The highest BCUT2D eigenvalue weighted by Gasteiger charge is 2.21. The van der Waals surface area contributed by atoms with Gasteiger partial charge in [0, 0.05) is 18.1 Å². The van der Waals surface area contributed by atoms with Crippen LogP contribution < -0.4 is 10.1 Å². The number of methoxy groups -OCH3 is 1. The fourth-order valence-electron chi connectivity index (χ4n) is 3.28. The highest BCUT2D eigenvalue weighted by molar-refractivity contribution is 5.96. The van der Waals surface area contributed by atoms with Gasteiger partial charge in [0.2, 0.25) is 5.88 Å². The van der Waals surface area contributed by atoms with E-state index in [0.717, 1.165) is 47.4 Å². The van der Waals surface area contributed by atoms with E-state index in [0.29, 0.717) is 18.0 Å². The molecule has 6 nitrogen and oxygen atoms in total. The smallest absolute Gasteiger partial charge is 0.257 e. The Morgan fingerprint density at radius 1 is 1.28 bits per heavy atom. The van der Waals surface area contributed by atoms with Crippen molar-refractivity contribution in [2.75, 3.05) is 7.11 Å². The Labute approximate surface area is 145 Å². The molecule has 3 aromatic rings. The fourth-order valence-corrected chi connectivity index (χ4v) is 3.28. The molecule has 128 valence electrons. The average Bonchev–Trinajstić information content (AvgIpc) is 3.23. The Morgan fingerprint density at radius 2 is 2.16 bits per heavy atom. The van der Waals surface area contributed by atoms with Gasteiger partial charge < -0.3 is 14.5 Å². The zero-order valence-corrected chi connectivity index (χ0v) is 14.4. The molecule has 0 radical (unpaired) electrons. The molecule has 25 heavy (non-hydrogen) atoms. The molecule has 0 saturated heterocycles. The lowest BCUT2D eigenvalue weighted by Gasteiger charge is -2.10. The second kappa shape index (κ2) is 6.20. The van der Waals surface area contributed by atoms with Crippen molar-refractivity contribution in [3.8, 4) is 5.88 Å². The molecule has 0 fully saturated rings.